The summed E-state index contributed by atoms with van der Waals surface area (Å²) in [6.07, 6.45) is -4.78. The van der Waals surface area contributed by atoms with E-state index >= 15 is 0 Å². The fraction of sp³-hybridized carbons (Fsp3) is 0.450. The number of carbonyl (C=O) groups excluding carboxylic acids is 1. The van der Waals surface area contributed by atoms with Crippen molar-refractivity contribution < 1.29 is 35.5 Å². The number of fused-ring (bicyclic) bond motifs is 1. The lowest BCUT2D eigenvalue weighted by atomic mass is 9.91. The van der Waals surface area contributed by atoms with Gasteiger partial charge in [0.05, 0.1) is 11.3 Å². The number of nitrogens with zero attached hydrogens (tertiary/aromatic N) is 3. The molecule has 14 heteroatoms. The molecule has 1 fully saturated rings. The summed E-state index contributed by atoms with van der Waals surface area (Å²) in [5, 5.41) is 5.66. The normalized spacial score (nSPS) is 20.3. The number of halogens is 7. The van der Waals surface area contributed by atoms with E-state index in [2.05, 4.69) is 20.6 Å². The molecule has 0 aliphatic heterocycles. The Morgan fingerprint density at radius 3 is 2.38 bits per heavy atom. The number of allylic oxidation sites excluding steroid dienone is 1. The van der Waals surface area contributed by atoms with Crippen molar-refractivity contribution in [1.82, 2.24) is 14.7 Å². The third kappa shape index (κ3) is 6.17. The van der Waals surface area contributed by atoms with Gasteiger partial charge in [-0.2, -0.15) is 22.0 Å². The van der Waals surface area contributed by atoms with Crippen LogP contribution in [0.3, 0.4) is 0 Å². The number of amides is 1. The quantitative estimate of drug-likeness (QED) is 0.235. The zero-order valence-electron chi connectivity index (χ0n) is 17.5. The maximum Gasteiger partial charge on any atom is 0.434 e. The zero-order chi connectivity index (χ0) is 25.0. The van der Waals surface area contributed by atoms with E-state index in [0.29, 0.717) is 37.7 Å². The highest BCUT2D eigenvalue weighted by Crippen LogP contribution is 2.30. The molecule has 0 aromatic carbocycles. The van der Waals surface area contributed by atoms with E-state index in [-0.39, 0.29) is 11.7 Å². The number of anilines is 1. The van der Waals surface area contributed by atoms with Gasteiger partial charge in [-0.3, -0.25) is 9.20 Å². The minimum Gasteiger partial charge on any atom is -0.397 e. The number of pyridine rings is 1. The van der Waals surface area contributed by atoms with E-state index in [1.54, 1.807) is 12.1 Å². The van der Waals surface area contributed by atoms with E-state index in [1.165, 1.54) is 10.5 Å². The molecule has 2 aromatic rings. The fourth-order valence-electron chi connectivity index (χ4n) is 3.63. The Balaban J connectivity index is 1.63. The highest BCUT2D eigenvalue weighted by Gasteiger charge is 2.34. The van der Waals surface area contributed by atoms with Crippen LogP contribution in [0, 0.1) is 0 Å². The Hall–Kier alpha value is -3.32. The highest BCUT2D eigenvalue weighted by molar-refractivity contribution is 6.13. The fourth-order valence-corrected chi connectivity index (χ4v) is 3.63. The van der Waals surface area contributed by atoms with Gasteiger partial charge in [-0.1, -0.05) is 6.07 Å². The second kappa shape index (κ2) is 10.3. The van der Waals surface area contributed by atoms with Crippen molar-refractivity contribution in [3.63, 3.8) is 0 Å². The molecule has 186 valence electrons. The van der Waals surface area contributed by atoms with E-state index in [0.717, 1.165) is 6.20 Å². The van der Waals surface area contributed by atoms with Crippen molar-refractivity contribution in [3.05, 3.63) is 41.4 Å². The Morgan fingerprint density at radius 1 is 1.15 bits per heavy atom. The molecule has 2 heterocycles. The smallest absolute Gasteiger partial charge is 0.397 e. The van der Waals surface area contributed by atoms with E-state index in [9.17, 15) is 35.5 Å². The highest BCUT2D eigenvalue weighted by atomic mass is 19.4. The summed E-state index contributed by atoms with van der Waals surface area (Å²) < 4.78 is 90.6. The van der Waals surface area contributed by atoms with Gasteiger partial charge in [0.25, 0.3) is 12.3 Å². The molecule has 0 radical (unpaired) electrons. The summed E-state index contributed by atoms with van der Waals surface area (Å²) in [7, 11) is 0. The third-order valence-electron chi connectivity index (χ3n) is 5.30. The number of alkyl halides is 7. The molecule has 2 aromatic heterocycles. The van der Waals surface area contributed by atoms with Gasteiger partial charge in [-0.05, 0) is 37.8 Å². The zero-order valence-corrected chi connectivity index (χ0v) is 17.5. The van der Waals surface area contributed by atoms with Gasteiger partial charge in [0.15, 0.2) is 5.69 Å². The first-order chi connectivity index (χ1) is 16.0. The van der Waals surface area contributed by atoms with Gasteiger partial charge in [-0.25, -0.2) is 18.8 Å². The van der Waals surface area contributed by atoms with Gasteiger partial charge in [0.2, 0.25) is 0 Å². The van der Waals surface area contributed by atoms with Crippen LogP contribution in [0.5, 0.6) is 0 Å². The first kappa shape index (κ1) is 25.3. The summed E-state index contributed by atoms with van der Waals surface area (Å²) in [5.74, 6) is -0.632. The van der Waals surface area contributed by atoms with Crippen molar-refractivity contribution in [3.8, 4) is 0 Å². The summed E-state index contributed by atoms with van der Waals surface area (Å²) >= 11 is 0. The van der Waals surface area contributed by atoms with Gasteiger partial charge in [0.1, 0.15) is 11.5 Å². The molecule has 0 atom stereocenters. The Kier molecular flexibility index (Phi) is 7.67. The van der Waals surface area contributed by atoms with Gasteiger partial charge in [0, 0.05) is 24.5 Å². The number of aliphatic imine (C=N–C) groups is 1. The molecule has 34 heavy (non-hydrogen) atoms. The largest absolute Gasteiger partial charge is 0.434 e. The molecule has 0 saturated heterocycles. The summed E-state index contributed by atoms with van der Waals surface area (Å²) in [6.45, 7) is -3.19. The molecule has 1 aliphatic rings. The molecular formula is C20H21F7N6O. The van der Waals surface area contributed by atoms with Gasteiger partial charge in [-0.15, -0.1) is 0 Å². The van der Waals surface area contributed by atoms with Crippen LogP contribution < -0.4 is 16.4 Å². The lowest BCUT2D eigenvalue weighted by Gasteiger charge is -2.30. The summed E-state index contributed by atoms with van der Waals surface area (Å²) in [4.78, 5) is 18.6. The van der Waals surface area contributed by atoms with Crippen molar-refractivity contribution >= 4 is 23.6 Å². The average Bonchev–Trinajstić information content (AvgIpc) is 3.21. The van der Waals surface area contributed by atoms with Crippen molar-refractivity contribution in [1.29, 1.82) is 0 Å². The predicted molar refractivity (Wildman–Crippen MR) is 110 cm³/mol. The number of carbonyl (C=O) groups is 1. The van der Waals surface area contributed by atoms with Crippen LogP contribution in [0.1, 0.15) is 31.4 Å². The van der Waals surface area contributed by atoms with Gasteiger partial charge >= 0.3 is 12.7 Å². The minimum atomic E-state index is -4.58. The number of imidazole rings is 1. The molecule has 1 aliphatic carbocycles. The molecular weight excluding hydrogens is 473 g/mol. The standard InChI is InChI=1S/C20H21F7N6O/c21-17(22)16(28)12(8-29-19(23)24)18(34)31-11-6-4-10(5-7-11)30-14-2-1-3-15-32-13(9-33(14)15)20(25,26)27/h1-3,8-11,17,19,30H,4-7,28H2,(H,31,34)/b16-12+,29-8+. The number of nitrogens with two attached hydrogens (primary N) is 1. The third-order valence-corrected chi connectivity index (χ3v) is 5.30. The van der Waals surface area contributed by atoms with Gasteiger partial charge < -0.3 is 16.4 Å². The molecule has 3 rings (SSSR count). The van der Waals surface area contributed by atoms with Crippen molar-refractivity contribution in [2.45, 2.75) is 56.9 Å². The maximum atomic E-state index is 13.0. The minimum absolute atomic E-state index is 0.125. The van der Waals surface area contributed by atoms with Crippen LogP contribution in [-0.2, 0) is 11.0 Å². The topological polar surface area (TPSA) is 96.8 Å². The number of aromatic nitrogens is 2. The molecule has 4 N–H and O–H groups in total. The Labute approximate surface area is 188 Å². The van der Waals surface area contributed by atoms with Crippen LogP contribution in [0.25, 0.3) is 5.65 Å². The summed E-state index contributed by atoms with van der Waals surface area (Å²) in [5.41, 5.74) is 2.29. The summed E-state index contributed by atoms with van der Waals surface area (Å²) in [6, 6.07) is 4.04. The first-order valence-electron chi connectivity index (χ1n) is 10.2. The average molecular weight is 494 g/mol. The maximum absolute atomic E-state index is 13.0. The number of hydrogen-bond donors (Lipinski definition) is 3. The Morgan fingerprint density at radius 2 is 1.79 bits per heavy atom. The number of rotatable bonds is 7. The van der Waals surface area contributed by atoms with Crippen molar-refractivity contribution in [2.24, 2.45) is 10.7 Å². The predicted octanol–water partition coefficient (Wildman–Crippen LogP) is 3.96. The number of hydrogen-bond acceptors (Lipinski definition) is 5. The molecule has 1 amide bonds. The SMILES string of the molecule is N/C(=C(\C=N\C(F)F)C(=O)NC1CCC(Nc2cccc3nc(C(F)(F)F)cn23)CC1)C(F)F. The van der Waals surface area contributed by atoms with Crippen LogP contribution in [0.4, 0.5) is 36.6 Å². The number of nitrogens with one attached hydrogen (secondary N) is 2. The molecule has 0 bridgehead atoms. The first-order valence-corrected chi connectivity index (χ1v) is 10.2. The van der Waals surface area contributed by atoms with E-state index in [1.807, 2.05) is 0 Å². The van der Waals surface area contributed by atoms with Crippen LogP contribution in [0.15, 0.2) is 40.7 Å². The van der Waals surface area contributed by atoms with Crippen molar-refractivity contribution in [2.75, 3.05) is 5.32 Å². The van der Waals surface area contributed by atoms with Crippen LogP contribution >= 0.6 is 0 Å². The van der Waals surface area contributed by atoms with Crippen LogP contribution in [-0.4, -0.2) is 46.6 Å². The lowest BCUT2D eigenvalue weighted by molar-refractivity contribution is -0.140. The Bertz CT molecular complexity index is 1070. The van der Waals surface area contributed by atoms with Crippen LogP contribution in [0.2, 0.25) is 0 Å². The monoisotopic (exact) mass is 494 g/mol. The lowest BCUT2D eigenvalue weighted by Crippen LogP contribution is -2.41. The molecule has 1 saturated carbocycles. The molecule has 7 nitrogen and oxygen atoms in total. The van der Waals surface area contributed by atoms with E-state index < -0.39 is 48.1 Å². The second-order valence-electron chi connectivity index (χ2n) is 7.66. The molecule has 0 spiro atoms. The second-order valence-corrected chi connectivity index (χ2v) is 7.66. The molecule has 0 unspecified atom stereocenters. The van der Waals surface area contributed by atoms with E-state index in [4.69, 9.17) is 5.73 Å².